The molecular formula is C14H9ClFN2O2-. The van der Waals surface area contributed by atoms with E-state index in [4.69, 9.17) is 11.6 Å². The lowest BCUT2D eigenvalue weighted by atomic mass is 10.2. The fraction of sp³-hybridized carbons (Fsp3) is 0. The Hall–Kier alpha value is -2.40. The number of benzene rings is 2. The highest BCUT2D eigenvalue weighted by atomic mass is 35.5. The molecule has 1 N–H and O–H groups in total. The molecule has 0 bridgehead atoms. The number of halogens is 2. The first-order valence-corrected chi connectivity index (χ1v) is 5.99. The molecule has 0 aromatic heterocycles. The Kier molecular flexibility index (Phi) is 4.32. The largest absolute Gasteiger partial charge is 0.545 e. The summed E-state index contributed by atoms with van der Waals surface area (Å²) in [6, 6.07) is 10.2. The van der Waals surface area contributed by atoms with Crippen molar-refractivity contribution >= 4 is 29.5 Å². The van der Waals surface area contributed by atoms with Gasteiger partial charge in [-0.05, 0) is 35.9 Å². The Labute approximate surface area is 119 Å². The van der Waals surface area contributed by atoms with Crippen molar-refractivity contribution in [3.63, 3.8) is 0 Å². The van der Waals surface area contributed by atoms with Crippen LogP contribution in [-0.2, 0) is 0 Å². The summed E-state index contributed by atoms with van der Waals surface area (Å²) in [6.07, 6.45) is 1.41. The third-order valence-electron chi connectivity index (χ3n) is 2.44. The van der Waals surface area contributed by atoms with E-state index >= 15 is 0 Å². The maximum atomic E-state index is 12.9. The standard InChI is InChI=1S/C14H10ClFN2O2/c15-13-5-4-11(7-12(13)14(19)20)18-17-8-9-2-1-3-10(16)6-9/h1-8,18H,(H,19,20)/p-1/b17-8-. The smallest absolute Gasteiger partial charge is 0.123 e. The number of carboxylic acids is 1. The molecule has 0 saturated heterocycles. The van der Waals surface area contributed by atoms with Crippen LogP contribution in [0.5, 0.6) is 0 Å². The number of hydrogen-bond donors (Lipinski definition) is 1. The number of nitrogens with one attached hydrogen (secondary N) is 1. The fourth-order valence-corrected chi connectivity index (χ4v) is 1.71. The summed E-state index contributed by atoms with van der Waals surface area (Å²) in [7, 11) is 0. The monoisotopic (exact) mass is 291 g/mol. The second-order valence-corrected chi connectivity index (χ2v) is 4.31. The topological polar surface area (TPSA) is 64.5 Å². The van der Waals surface area contributed by atoms with E-state index in [1.54, 1.807) is 18.2 Å². The molecule has 0 aliphatic heterocycles. The molecule has 0 atom stereocenters. The second kappa shape index (κ2) is 6.16. The Morgan fingerprint density at radius 3 is 2.80 bits per heavy atom. The van der Waals surface area contributed by atoms with Gasteiger partial charge in [-0.25, -0.2) is 4.39 Å². The lowest BCUT2D eigenvalue weighted by molar-refractivity contribution is -0.255. The number of aromatic carboxylic acids is 1. The highest BCUT2D eigenvalue weighted by molar-refractivity contribution is 6.33. The van der Waals surface area contributed by atoms with Crippen LogP contribution in [0.2, 0.25) is 5.02 Å². The molecule has 0 aliphatic rings. The van der Waals surface area contributed by atoms with Gasteiger partial charge in [-0.2, -0.15) is 5.10 Å². The molecule has 6 heteroatoms. The van der Waals surface area contributed by atoms with Gasteiger partial charge in [0.25, 0.3) is 0 Å². The van der Waals surface area contributed by atoms with E-state index in [1.807, 2.05) is 0 Å². The number of hydrazone groups is 1. The van der Waals surface area contributed by atoms with Crippen LogP contribution in [0.25, 0.3) is 0 Å². The minimum absolute atomic E-state index is 0.0876. The molecule has 0 amide bonds. The normalized spacial score (nSPS) is 10.7. The predicted molar refractivity (Wildman–Crippen MR) is 73.4 cm³/mol. The van der Waals surface area contributed by atoms with Gasteiger partial charge in [-0.1, -0.05) is 23.7 Å². The lowest BCUT2D eigenvalue weighted by Crippen LogP contribution is -2.22. The van der Waals surface area contributed by atoms with Crippen molar-refractivity contribution in [1.29, 1.82) is 0 Å². The summed E-state index contributed by atoms with van der Waals surface area (Å²) >= 11 is 5.71. The predicted octanol–water partition coefficient (Wildman–Crippen LogP) is 2.29. The molecule has 2 rings (SSSR count). The number of rotatable bonds is 4. The molecule has 2 aromatic carbocycles. The number of carbonyl (C=O) groups is 1. The zero-order valence-corrected chi connectivity index (χ0v) is 10.9. The summed E-state index contributed by atoms with van der Waals surface area (Å²) in [6.45, 7) is 0. The van der Waals surface area contributed by atoms with Crippen LogP contribution in [0, 0.1) is 5.82 Å². The molecule has 0 heterocycles. The Morgan fingerprint density at radius 1 is 1.30 bits per heavy atom. The van der Waals surface area contributed by atoms with Crippen molar-refractivity contribution in [3.8, 4) is 0 Å². The summed E-state index contributed by atoms with van der Waals surface area (Å²) in [5.74, 6) is -1.73. The fourth-order valence-electron chi connectivity index (χ4n) is 1.52. The maximum Gasteiger partial charge on any atom is 0.123 e. The van der Waals surface area contributed by atoms with E-state index < -0.39 is 5.97 Å². The molecule has 0 aliphatic carbocycles. The summed E-state index contributed by atoms with van der Waals surface area (Å²) < 4.78 is 12.9. The van der Waals surface area contributed by atoms with Crippen LogP contribution in [0.15, 0.2) is 47.6 Å². The third-order valence-corrected chi connectivity index (χ3v) is 2.77. The first-order chi connectivity index (χ1) is 9.56. The van der Waals surface area contributed by atoms with Crippen molar-refractivity contribution in [1.82, 2.24) is 0 Å². The van der Waals surface area contributed by atoms with E-state index in [0.717, 1.165) is 0 Å². The van der Waals surface area contributed by atoms with Gasteiger partial charge in [0.05, 0.1) is 17.9 Å². The number of nitrogens with zero attached hydrogens (tertiary/aromatic N) is 1. The van der Waals surface area contributed by atoms with Crippen LogP contribution in [0.4, 0.5) is 10.1 Å². The second-order valence-electron chi connectivity index (χ2n) is 3.91. The molecule has 0 unspecified atom stereocenters. The molecule has 0 radical (unpaired) electrons. The SMILES string of the molecule is O=C([O-])c1cc(N/N=C\c2cccc(F)c2)ccc1Cl. The molecule has 0 spiro atoms. The van der Waals surface area contributed by atoms with Gasteiger partial charge in [0, 0.05) is 10.6 Å². The minimum atomic E-state index is -1.37. The summed E-state index contributed by atoms with van der Waals surface area (Å²) in [5.41, 5.74) is 3.51. The third kappa shape index (κ3) is 3.55. The van der Waals surface area contributed by atoms with E-state index in [-0.39, 0.29) is 16.4 Å². The van der Waals surface area contributed by atoms with Gasteiger partial charge in [-0.3, -0.25) is 5.43 Å². The van der Waals surface area contributed by atoms with Crippen LogP contribution in [0.1, 0.15) is 15.9 Å². The van der Waals surface area contributed by atoms with Crippen molar-refractivity contribution in [2.24, 2.45) is 5.10 Å². The molecule has 102 valence electrons. The van der Waals surface area contributed by atoms with Gasteiger partial charge in [0.2, 0.25) is 0 Å². The molecule has 0 fully saturated rings. The molecular weight excluding hydrogens is 283 g/mol. The average molecular weight is 292 g/mol. The van der Waals surface area contributed by atoms with E-state index in [9.17, 15) is 14.3 Å². The van der Waals surface area contributed by atoms with Crippen LogP contribution in [-0.4, -0.2) is 12.2 Å². The number of hydrogen-bond acceptors (Lipinski definition) is 4. The van der Waals surface area contributed by atoms with Crippen molar-refractivity contribution in [2.75, 3.05) is 5.43 Å². The van der Waals surface area contributed by atoms with Gasteiger partial charge >= 0.3 is 0 Å². The first-order valence-electron chi connectivity index (χ1n) is 5.62. The number of anilines is 1. The van der Waals surface area contributed by atoms with Crippen molar-refractivity contribution < 1.29 is 14.3 Å². The van der Waals surface area contributed by atoms with E-state index in [2.05, 4.69) is 10.5 Å². The first kappa shape index (κ1) is 14.0. The van der Waals surface area contributed by atoms with Gasteiger partial charge in [0.15, 0.2) is 0 Å². The average Bonchev–Trinajstić information content (AvgIpc) is 2.40. The van der Waals surface area contributed by atoms with Gasteiger partial charge < -0.3 is 9.90 Å². The van der Waals surface area contributed by atoms with Crippen molar-refractivity contribution in [3.05, 3.63) is 64.4 Å². The zero-order chi connectivity index (χ0) is 14.5. The maximum absolute atomic E-state index is 12.9. The Bertz CT molecular complexity index is 674. The minimum Gasteiger partial charge on any atom is -0.545 e. The summed E-state index contributed by atoms with van der Waals surface area (Å²) in [5, 5.41) is 14.8. The Morgan fingerprint density at radius 2 is 2.10 bits per heavy atom. The van der Waals surface area contributed by atoms with E-state index in [0.29, 0.717) is 11.3 Å². The molecule has 4 nitrogen and oxygen atoms in total. The number of carboxylic acid groups (broad SMARTS) is 1. The molecule has 2 aromatic rings. The van der Waals surface area contributed by atoms with Crippen molar-refractivity contribution in [2.45, 2.75) is 0 Å². The lowest BCUT2D eigenvalue weighted by Gasteiger charge is -2.07. The highest BCUT2D eigenvalue weighted by Gasteiger charge is 2.02. The van der Waals surface area contributed by atoms with Crippen LogP contribution >= 0.6 is 11.6 Å². The molecule has 20 heavy (non-hydrogen) atoms. The van der Waals surface area contributed by atoms with Gasteiger partial charge in [-0.15, -0.1) is 0 Å². The zero-order valence-electron chi connectivity index (χ0n) is 10.1. The Balaban J connectivity index is 2.11. The van der Waals surface area contributed by atoms with E-state index in [1.165, 1.54) is 30.5 Å². The quantitative estimate of drug-likeness (QED) is 0.694. The molecule has 0 saturated carbocycles. The summed E-state index contributed by atoms with van der Waals surface area (Å²) in [4.78, 5) is 10.8. The van der Waals surface area contributed by atoms with Crippen LogP contribution in [0.3, 0.4) is 0 Å². The number of carbonyl (C=O) groups excluding carboxylic acids is 1. The highest BCUT2D eigenvalue weighted by Crippen LogP contribution is 2.19. The van der Waals surface area contributed by atoms with Gasteiger partial charge in [0.1, 0.15) is 5.82 Å². The van der Waals surface area contributed by atoms with Crippen LogP contribution < -0.4 is 10.5 Å².